The molecule has 5 rings (SSSR count). The first kappa shape index (κ1) is 22.1. The van der Waals surface area contributed by atoms with Gasteiger partial charge in [-0.3, -0.25) is 4.79 Å². The number of nitrogens with zero attached hydrogens (tertiary/aromatic N) is 5. The zero-order valence-electron chi connectivity index (χ0n) is 19.9. The number of piperazine rings is 1. The standard InChI is InChI=1S/C27H30N6O/c1-19(2)33-26-24(18-28-33)23(17-25(30-26)20-7-5-4-6-8-20)27(34)29-21-9-11-22(12-10-21)32-15-13-31(3)14-16-32/h4-12,17-19H,13-16H2,1-3H3,(H,29,34). The van der Waals surface area contributed by atoms with Gasteiger partial charge in [0, 0.05) is 49.2 Å². The lowest BCUT2D eigenvalue weighted by Crippen LogP contribution is -2.44. The Morgan fingerprint density at radius 2 is 1.68 bits per heavy atom. The number of anilines is 2. The number of carbonyl (C=O) groups is 1. The second-order valence-corrected chi connectivity index (χ2v) is 9.13. The van der Waals surface area contributed by atoms with Gasteiger partial charge >= 0.3 is 0 Å². The van der Waals surface area contributed by atoms with Gasteiger partial charge in [-0.1, -0.05) is 30.3 Å². The van der Waals surface area contributed by atoms with Crippen molar-refractivity contribution in [2.45, 2.75) is 19.9 Å². The van der Waals surface area contributed by atoms with Gasteiger partial charge < -0.3 is 15.1 Å². The Kier molecular flexibility index (Phi) is 6.02. The van der Waals surface area contributed by atoms with Gasteiger partial charge in [0.2, 0.25) is 0 Å². The van der Waals surface area contributed by atoms with E-state index in [0.29, 0.717) is 11.2 Å². The Balaban J connectivity index is 1.44. The number of likely N-dealkylation sites (N-methyl/N-ethyl adjacent to an activating group) is 1. The molecule has 0 saturated carbocycles. The van der Waals surface area contributed by atoms with E-state index in [9.17, 15) is 4.79 Å². The largest absolute Gasteiger partial charge is 0.369 e. The first-order valence-corrected chi connectivity index (χ1v) is 11.8. The minimum Gasteiger partial charge on any atom is -0.369 e. The quantitative estimate of drug-likeness (QED) is 0.474. The van der Waals surface area contributed by atoms with Crippen molar-refractivity contribution in [3.63, 3.8) is 0 Å². The van der Waals surface area contributed by atoms with Crippen LogP contribution in [0.2, 0.25) is 0 Å². The molecule has 174 valence electrons. The molecule has 4 aromatic rings. The van der Waals surface area contributed by atoms with Gasteiger partial charge in [0.05, 0.1) is 22.8 Å². The molecule has 3 heterocycles. The predicted octanol–water partition coefficient (Wildman–Crippen LogP) is 4.68. The molecular weight excluding hydrogens is 424 g/mol. The molecule has 0 radical (unpaired) electrons. The van der Waals surface area contributed by atoms with Crippen LogP contribution in [0, 0.1) is 0 Å². The fourth-order valence-electron chi connectivity index (χ4n) is 4.36. The van der Waals surface area contributed by atoms with Crippen molar-refractivity contribution in [3.8, 4) is 11.3 Å². The lowest BCUT2D eigenvalue weighted by molar-refractivity contribution is 0.102. The normalized spacial score (nSPS) is 14.6. The Bertz CT molecular complexity index is 1290. The van der Waals surface area contributed by atoms with Crippen molar-refractivity contribution in [2.75, 3.05) is 43.4 Å². The molecule has 0 atom stereocenters. The fraction of sp³-hybridized carbons (Fsp3) is 0.296. The minimum absolute atomic E-state index is 0.133. The summed E-state index contributed by atoms with van der Waals surface area (Å²) in [4.78, 5) is 23.0. The van der Waals surface area contributed by atoms with E-state index in [-0.39, 0.29) is 11.9 Å². The third-order valence-electron chi connectivity index (χ3n) is 6.36. The summed E-state index contributed by atoms with van der Waals surface area (Å²) in [5.41, 5.74) is 4.95. The van der Waals surface area contributed by atoms with Crippen LogP contribution in [-0.4, -0.2) is 58.8 Å². The monoisotopic (exact) mass is 454 g/mol. The fourth-order valence-corrected chi connectivity index (χ4v) is 4.36. The molecule has 1 aliphatic heterocycles. The highest BCUT2D eigenvalue weighted by atomic mass is 16.1. The molecule has 7 heteroatoms. The SMILES string of the molecule is CC(C)n1ncc2c(C(=O)Nc3ccc(N4CCN(C)CC4)cc3)cc(-c3ccccc3)nc21. The third-order valence-corrected chi connectivity index (χ3v) is 6.36. The van der Waals surface area contributed by atoms with Crippen LogP contribution in [-0.2, 0) is 0 Å². The molecule has 1 amide bonds. The van der Waals surface area contributed by atoms with E-state index in [1.807, 2.05) is 53.2 Å². The lowest BCUT2D eigenvalue weighted by atomic mass is 10.1. The van der Waals surface area contributed by atoms with Crippen LogP contribution in [0.1, 0.15) is 30.2 Å². The topological polar surface area (TPSA) is 66.3 Å². The maximum absolute atomic E-state index is 13.4. The molecule has 0 unspecified atom stereocenters. The Morgan fingerprint density at radius 1 is 0.971 bits per heavy atom. The molecule has 0 bridgehead atoms. The summed E-state index contributed by atoms with van der Waals surface area (Å²) in [6.07, 6.45) is 1.74. The predicted molar refractivity (Wildman–Crippen MR) is 137 cm³/mol. The van der Waals surface area contributed by atoms with E-state index in [2.05, 4.69) is 53.2 Å². The molecule has 0 aliphatic carbocycles. The van der Waals surface area contributed by atoms with Crippen molar-refractivity contribution >= 4 is 28.3 Å². The van der Waals surface area contributed by atoms with Gasteiger partial charge in [-0.15, -0.1) is 0 Å². The second kappa shape index (κ2) is 9.27. The van der Waals surface area contributed by atoms with Crippen LogP contribution in [0.3, 0.4) is 0 Å². The maximum atomic E-state index is 13.4. The Morgan fingerprint density at radius 3 is 2.35 bits per heavy atom. The summed E-state index contributed by atoms with van der Waals surface area (Å²) in [7, 11) is 2.15. The Hall–Kier alpha value is -3.71. The van der Waals surface area contributed by atoms with Crippen LogP contribution >= 0.6 is 0 Å². The first-order chi connectivity index (χ1) is 16.5. The summed E-state index contributed by atoms with van der Waals surface area (Å²) in [6, 6.07) is 20.0. The highest BCUT2D eigenvalue weighted by Gasteiger charge is 2.19. The van der Waals surface area contributed by atoms with E-state index in [0.717, 1.165) is 48.5 Å². The summed E-state index contributed by atoms with van der Waals surface area (Å²) in [5, 5.41) is 8.34. The third kappa shape index (κ3) is 4.39. The molecule has 1 saturated heterocycles. The van der Waals surface area contributed by atoms with Crippen LogP contribution in [0.15, 0.2) is 66.9 Å². The second-order valence-electron chi connectivity index (χ2n) is 9.13. The minimum atomic E-state index is -0.166. The lowest BCUT2D eigenvalue weighted by Gasteiger charge is -2.34. The Labute approximate surface area is 200 Å². The number of nitrogens with one attached hydrogen (secondary N) is 1. The molecular formula is C27H30N6O. The van der Waals surface area contributed by atoms with E-state index in [1.54, 1.807) is 6.20 Å². The van der Waals surface area contributed by atoms with Crippen LogP contribution in [0.5, 0.6) is 0 Å². The van der Waals surface area contributed by atoms with Gasteiger partial charge in [-0.25, -0.2) is 9.67 Å². The van der Waals surface area contributed by atoms with Gasteiger partial charge in [0.25, 0.3) is 5.91 Å². The highest BCUT2D eigenvalue weighted by Crippen LogP contribution is 2.27. The highest BCUT2D eigenvalue weighted by molar-refractivity contribution is 6.12. The molecule has 2 aromatic heterocycles. The molecule has 34 heavy (non-hydrogen) atoms. The average molecular weight is 455 g/mol. The molecule has 0 spiro atoms. The van der Waals surface area contributed by atoms with Gasteiger partial charge in [-0.2, -0.15) is 5.10 Å². The molecule has 2 aromatic carbocycles. The van der Waals surface area contributed by atoms with Gasteiger partial charge in [-0.05, 0) is 51.2 Å². The van der Waals surface area contributed by atoms with E-state index < -0.39 is 0 Å². The van der Waals surface area contributed by atoms with Crippen molar-refractivity contribution in [1.29, 1.82) is 0 Å². The number of benzene rings is 2. The molecule has 7 nitrogen and oxygen atoms in total. The first-order valence-electron chi connectivity index (χ1n) is 11.8. The van der Waals surface area contributed by atoms with Crippen molar-refractivity contribution in [1.82, 2.24) is 19.7 Å². The number of amides is 1. The molecule has 1 N–H and O–H groups in total. The van der Waals surface area contributed by atoms with Crippen molar-refractivity contribution in [2.24, 2.45) is 0 Å². The van der Waals surface area contributed by atoms with Crippen LogP contribution < -0.4 is 10.2 Å². The number of fused-ring (bicyclic) bond motifs is 1. The maximum Gasteiger partial charge on any atom is 0.256 e. The summed E-state index contributed by atoms with van der Waals surface area (Å²) in [6.45, 7) is 8.27. The van der Waals surface area contributed by atoms with E-state index in [1.165, 1.54) is 5.69 Å². The van der Waals surface area contributed by atoms with Gasteiger partial charge in [0.1, 0.15) is 0 Å². The zero-order valence-corrected chi connectivity index (χ0v) is 19.9. The molecule has 1 fully saturated rings. The number of pyridine rings is 1. The van der Waals surface area contributed by atoms with Crippen molar-refractivity contribution in [3.05, 3.63) is 72.4 Å². The van der Waals surface area contributed by atoms with E-state index >= 15 is 0 Å². The number of rotatable bonds is 5. The number of carbonyl (C=O) groups excluding carboxylic acids is 1. The summed E-state index contributed by atoms with van der Waals surface area (Å²) in [5.74, 6) is -0.166. The van der Waals surface area contributed by atoms with Crippen molar-refractivity contribution < 1.29 is 4.79 Å². The van der Waals surface area contributed by atoms with Crippen LogP contribution in [0.25, 0.3) is 22.3 Å². The van der Waals surface area contributed by atoms with Crippen LogP contribution in [0.4, 0.5) is 11.4 Å². The number of hydrogen-bond acceptors (Lipinski definition) is 5. The number of aromatic nitrogens is 3. The van der Waals surface area contributed by atoms with E-state index in [4.69, 9.17) is 4.98 Å². The molecule has 1 aliphatic rings. The number of hydrogen-bond donors (Lipinski definition) is 1. The van der Waals surface area contributed by atoms with Gasteiger partial charge in [0.15, 0.2) is 5.65 Å². The summed E-state index contributed by atoms with van der Waals surface area (Å²) >= 11 is 0. The average Bonchev–Trinajstić information content (AvgIpc) is 3.29. The zero-order chi connectivity index (χ0) is 23.7. The summed E-state index contributed by atoms with van der Waals surface area (Å²) < 4.78 is 1.86. The smallest absolute Gasteiger partial charge is 0.256 e.